The molecule has 4 aromatic rings. The summed E-state index contributed by atoms with van der Waals surface area (Å²) < 4.78 is 1.31. The zero-order valence-corrected chi connectivity index (χ0v) is 20.7. The van der Waals surface area contributed by atoms with Crippen molar-refractivity contribution in [2.24, 2.45) is 4.99 Å². The molecular formula is C32H28N2S. The molecule has 3 aromatic carbocycles. The lowest BCUT2D eigenvalue weighted by Gasteiger charge is -2.17. The van der Waals surface area contributed by atoms with Crippen LogP contribution >= 0.6 is 11.3 Å². The first-order chi connectivity index (χ1) is 17.1. The molecule has 1 aliphatic carbocycles. The van der Waals surface area contributed by atoms with Crippen LogP contribution in [0, 0.1) is 0 Å². The van der Waals surface area contributed by atoms with E-state index in [2.05, 4.69) is 128 Å². The van der Waals surface area contributed by atoms with E-state index in [0.717, 1.165) is 23.4 Å². The van der Waals surface area contributed by atoms with E-state index in [0.29, 0.717) is 0 Å². The Balaban J connectivity index is 0.000000158. The lowest BCUT2D eigenvalue weighted by atomic mass is 9.97. The van der Waals surface area contributed by atoms with Crippen LogP contribution in [-0.4, -0.2) is 12.8 Å². The second-order valence-electron chi connectivity index (χ2n) is 8.69. The maximum atomic E-state index is 4.36. The molecule has 1 atom stereocenters. The van der Waals surface area contributed by atoms with Gasteiger partial charge in [0.15, 0.2) is 0 Å². The van der Waals surface area contributed by atoms with Crippen molar-refractivity contribution >= 4 is 51.1 Å². The minimum absolute atomic E-state index is 0.246. The first kappa shape index (κ1) is 22.8. The van der Waals surface area contributed by atoms with Crippen LogP contribution < -0.4 is 5.32 Å². The molecule has 1 unspecified atom stereocenters. The van der Waals surface area contributed by atoms with Crippen LogP contribution in [0.15, 0.2) is 114 Å². The topological polar surface area (TPSA) is 24.4 Å². The highest BCUT2D eigenvalue weighted by molar-refractivity contribution is 7.20. The highest BCUT2D eigenvalue weighted by Gasteiger charge is 2.18. The highest BCUT2D eigenvalue weighted by atomic mass is 32.1. The van der Waals surface area contributed by atoms with Crippen LogP contribution in [0.5, 0.6) is 0 Å². The summed E-state index contributed by atoms with van der Waals surface area (Å²) in [6, 6.07) is 27.5. The number of nitrogens with one attached hydrogen (secondary N) is 1. The Morgan fingerprint density at radius 2 is 1.69 bits per heavy atom. The number of fused-ring (bicyclic) bond motifs is 4. The van der Waals surface area contributed by atoms with Crippen molar-refractivity contribution < 1.29 is 0 Å². The molecule has 0 radical (unpaired) electrons. The molecule has 35 heavy (non-hydrogen) atoms. The Labute approximate surface area is 211 Å². The van der Waals surface area contributed by atoms with Crippen LogP contribution in [0.3, 0.4) is 0 Å². The van der Waals surface area contributed by atoms with E-state index in [1.54, 1.807) is 0 Å². The number of nitrogens with zero attached hydrogens (tertiary/aromatic N) is 1. The number of allylic oxidation sites excluding steroid dienone is 3. The van der Waals surface area contributed by atoms with E-state index in [-0.39, 0.29) is 6.04 Å². The second kappa shape index (κ2) is 10.1. The van der Waals surface area contributed by atoms with Gasteiger partial charge in [0.2, 0.25) is 0 Å². The zero-order chi connectivity index (χ0) is 24.2. The van der Waals surface area contributed by atoms with Crippen molar-refractivity contribution in [2.45, 2.75) is 19.4 Å². The van der Waals surface area contributed by atoms with Crippen molar-refractivity contribution in [3.8, 4) is 0 Å². The predicted molar refractivity (Wildman–Crippen MR) is 155 cm³/mol. The average molecular weight is 473 g/mol. The molecule has 2 nitrogen and oxygen atoms in total. The molecule has 172 valence electrons. The third-order valence-electron chi connectivity index (χ3n) is 6.24. The normalized spacial score (nSPS) is 17.9. The summed E-state index contributed by atoms with van der Waals surface area (Å²) in [6.07, 6.45) is 9.68. The lowest BCUT2D eigenvalue weighted by molar-refractivity contribution is 0.838. The van der Waals surface area contributed by atoms with Gasteiger partial charge in [0.1, 0.15) is 0 Å². The van der Waals surface area contributed by atoms with Gasteiger partial charge in [0.25, 0.3) is 0 Å². The van der Waals surface area contributed by atoms with Crippen LogP contribution in [-0.2, 0) is 0 Å². The molecule has 1 aromatic heterocycles. The van der Waals surface area contributed by atoms with Crippen molar-refractivity contribution in [1.82, 2.24) is 0 Å². The summed E-state index contributed by atoms with van der Waals surface area (Å²) in [4.78, 5) is 5.31. The van der Waals surface area contributed by atoms with Gasteiger partial charge in [-0.15, -0.1) is 11.3 Å². The van der Waals surface area contributed by atoms with E-state index in [4.69, 9.17) is 0 Å². The molecule has 1 N–H and O–H groups in total. The molecular weight excluding hydrogens is 444 g/mol. The first-order valence-corrected chi connectivity index (χ1v) is 12.6. The van der Waals surface area contributed by atoms with Gasteiger partial charge >= 0.3 is 0 Å². The maximum absolute atomic E-state index is 4.36. The van der Waals surface area contributed by atoms with E-state index in [1.165, 1.54) is 37.2 Å². The first-order valence-electron chi connectivity index (χ1n) is 11.8. The fourth-order valence-corrected chi connectivity index (χ4v) is 5.66. The number of aliphatic imine (C=N–C) groups is 1. The van der Waals surface area contributed by atoms with Gasteiger partial charge in [-0.25, -0.2) is 0 Å². The third kappa shape index (κ3) is 4.82. The summed E-state index contributed by atoms with van der Waals surface area (Å²) in [6.45, 7) is 10.1. The minimum atomic E-state index is 0.246. The predicted octanol–water partition coefficient (Wildman–Crippen LogP) is 8.85. The van der Waals surface area contributed by atoms with E-state index >= 15 is 0 Å². The number of benzene rings is 3. The molecule has 0 fully saturated rings. The van der Waals surface area contributed by atoms with E-state index in [1.807, 2.05) is 17.4 Å². The molecule has 0 saturated heterocycles. The quantitative estimate of drug-likeness (QED) is 0.290. The SMILES string of the molecule is C=C1c2ccccc2N/C(C)=C\c2c1sc1ccccc21.C=NC1C=C(c2ccccc2)C=CC1. The fourth-order valence-electron chi connectivity index (χ4n) is 4.49. The van der Waals surface area contributed by atoms with E-state index < -0.39 is 0 Å². The fraction of sp³-hybridized carbons (Fsp3) is 0.0938. The average Bonchev–Trinajstić information content (AvgIpc) is 3.27. The lowest BCUT2D eigenvalue weighted by Crippen LogP contribution is -2.02. The molecule has 2 heterocycles. The summed E-state index contributed by atoms with van der Waals surface area (Å²) >= 11 is 1.82. The van der Waals surface area contributed by atoms with Crippen molar-refractivity contribution in [2.75, 3.05) is 5.32 Å². The van der Waals surface area contributed by atoms with Gasteiger partial charge in [-0.2, -0.15) is 0 Å². The number of para-hydroxylation sites is 1. The van der Waals surface area contributed by atoms with Gasteiger partial charge in [0, 0.05) is 37.5 Å². The van der Waals surface area contributed by atoms with Gasteiger partial charge in [-0.3, -0.25) is 4.99 Å². The Kier molecular flexibility index (Phi) is 6.60. The molecule has 0 spiro atoms. The Morgan fingerprint density at radius 3 is 2.51 bits per heavy atom. The monoisotopic (exact) mass is 472 g/mol. The van der Waals surface area contributed by atoms with Crippen LogP contribution in [0.25, 0.3) is 27.3 Å². The summed E-state index contributed by atoms with van der Waals surface area (Å²) in [5.41, 5.74) is 8.32. The summed E-state index contributed by atoms with van der Waals surface area (Å²) in [7, 11) is 0. The number of hydrogen-bond acceptors (Lipinski definition) is 3. The smallest absolute Gasteiger partial charge is 0.0716 e. The van der Waals surface area contributed by atoms with Gasteiger partial charge in [0.05, 0.1) is 6.04 Å². The molecule has 0 bridgehead atoms. The van der Waals surface area contributed by atoms with Crippen molar-refractivity contribution in [3.63, 3.8) is 0 Å². The molecule has 1 aliphatic heterocycles. The standard InChI is InChI=1S/C19H15NS.C13H13N/c1-12-11-16-15-8-4-6-10-18(15)21-19(16)13(2)14-7-3-5-9-17(14)20-12;1-14-13-9-5-8-12(10-13)11-6-3-2-4-7-11/h3-11,20H,2H2,1H3;2-8,10,13H,1,9H2/b12-11-;. The number of thiophene rings is 1. The van der Waals surface area contributed by atoms with Crippen molar-refractivity contribution in [1.29, 1.82) is 0 Å². The van der Waals surface area contributed by atoms with Crippen molar-refractivity contribution in [3.05, 3.63) is 131 Å². The molecule has 2 aliphatic rings. The minimum Gasteiger partial charge on any atom is -0.359 e. The van der Waals surface area contributed by atoms with Crippen LogP contribution in [0.2, 0.25) is 0 Å². The third-order valence-corrected chi connectivity index (χ3v) is 7.49. The van der Waals surface area contributed by atoms with Gasteiger partial charge in [-0.05, 0) is 55.0 Å². The summed E-state index contributed by atoms with van der Waals surface area (Å²) in [5.74, 6) is 0. The van der Waals surface area contributed by atoms with Gasteiger partial charge < -0.3 is 5.32 Å². The number of anilines is 1. The number of hydrogen-bond donors (Lipinski definition) is 1. The summed E-state index contributed by atoms with van der Waals surface area (Å²) in [5, 5.41) is 4.80. The van der Waals surface area contributed by atoms with Crippen LogP contribution in [0.4, 0.5) is 5.69 Å². The molecule has 0 saturated carbocycles. The highest BCUT2D eigenvalue weighted by Crippen LogP contribution is 2.42. The largest absolute Gasteiger partial charge is 0.359 e. The Hall–Kier alpha value is -3.95. The Bertz CT molecular complexity index is 1480. The van der Waals surface area contributed by atoms with Crippen LogP contribution in [0.1, 0.15) is 34.9 Å². The Morgan fingerprint density at radius 1 is 0.943 bits per heavy atom. The second-order valence-corrected chi connectivity index (χ2v) is 9.75. The zero-order valence-electron chi connectivity index (χ0n) is 19.9. The molecule has 6 rings (SSSR count). The maximum Gasteiger partial charge on any atom is 0.0716 e. The van der Waals surface area contributed by atoms with E-state index in [9.17, 15) is 0 Å². The molecule has 3 heteroatoms. The van der Waals surface area contributed by atoms with Gasteiger partial charge in [-0.1, -0.05) is 91.5 Å². The number of rotatable bonds is 2. The molecule has 0 amide bonds.